The summed E-state index contributed by atoms with van der Waals surface area (Å²) in [5.74, 6) is 0.365. The molecule has 2 aromatic heterocycles. The third-order valence-electron chi connectivity index (χ3n) is 3.01. The second-order valence-electron chi connectivity index (χ2n) is 4.54. The first kappa shape index (κ1) is 15.3. The smallest absolute Gasteiger partial charge is 0.271 e. The maximum atomic E-state index is 12.0. The number of unbranched alkanes of at least 4 members (excludes halogenated alkanes) is 1. The highest BCUT2D eigenvalue weighted by atomic mass is 35.5. The highest BCUT2D eigenvalue weighted by molar-refractivity contribution is 6.33. The Labute approximate surface area is 128 Å². The number of aromatic nitrogens is 3. The Balaban J connectivity index is 1.76. The van der Waals surface area contributed by atoms with E-state index in [-0.39, 0.29) is 11.6 Å². The van der Waals surface area contributed by atoms with Crippen molar-refractivity contribution in [3.63, 3.8) is 0 Å². The normalized spacial score (nSPS) is 10.4. The lowest BCUT2D eigenvalue weighted by Gasteiger charge is -2.08. The number of hydrogen-bond acceptors (Lipinski definition) is 4. The summed E-state index contributed by atoms with van der Waals surface area (Å²) in [4.78, 5) is 20.2. The van der Waals surface area contributed by atoms with Gasteiger partial charge in [-0.05, 0) is 25.0 Å². The molecule has 0 radical (unpaired) electrons. The van der Waals surface area contributed by atoms with Gasteiger partial charge in [0.2, 0.25) is 0 Å². The highest BCUT2D eigenvalue weighted by Crippen LogP contribution is 2.16. The summed E-state index contributed by atoms with van der Waals surface area (Å²) >= 11 is 5.99. The second kappa shape index (κ2) is 7.64. The van der Waals surface area contributed by atoms with Gasteiger partial charge in [0.25, 0.3) is 5.91 Å². The topological polar surface area (TPSA) is 71.8 Å². The van der Waals surface area contributed by atoms with E-state index in [4.69, 9.17) is 11.6 Å². The number of anilines is 1. The molecule has 6 nitrogen and oxygen atoms in total. The molecule has 0 saturated heterocycles. The van der Waals surface area contributed by atoms with E-state index in [2.05, 4.69) is 20.6 Å². The van der Waals surface area contributed by atoms with Crippen LogP contribution in [0.4, 0.5) is 5.82 Å². The molecule has 0 unspecified atom stereocenters. The van der Waals surface area contributed by atoms with Crippen LogP contribution in [0.25, 0.3) is 0 Å². The second-order valence-corrected chi connectivity index (χ2v) is 4.95. The maximum Gasteiger partial charge on any atom is 0.271 e. The standard InChI is InChI=1S/C14H18ClN5O/c1-16-12-5-4-11(15)13(19-12)14(21)18-6-2-3-8-20-9-7-17-10-20/h4-5,7,9-10H,2-3,6,8H2,1H3,(H,16,19)(H,18,21). The molecule has 1 amide bonds. The van der Waals surface area contributed by atoms with Crippen LogP contribution in [0.3, 0.4) is 0 Å². The molecule has 2 aromatic rings. The zero-order chi connectivity index (χ0) is 15.1. The SMILES string of the molecule is CNc1ccc(Cl)c(C(=O)NCCCCn2ccnc2)n1. The lowest BCUT2D eigenvalue weighted by atomic mass is 10.3. The molecule has 0 atom stereocenters. The van der Waals surface area contributed by atoms with Crippen LogP contribution >= 0.6 is 11.6 Å². The number of aryl methyl sites for hydroxylation is 1. The molecule has 2 heterocycles. The van der Waals surface area contributed by atoms with Crippen LogP contribution in [-0.2, 0) is 6.54 Å². The number of hydrogen-bond donors (Lipinski definition) is 2. The summed E-state index contributed by atoms with van der Waals surface area (Å²) < 4.78 is 2.01. The van der Waals surface area contributed by atoms with Gasteiger partial charge in [-0.1, -0.05) is 11.6 Å². The lowest BCUT2D eigenvalue weighted by molar-refractivity contribution is 0.0948. The highest BCUT2D eigenvalue weighted by Gasteiger charge is 2.12. The molecule has 2 N–H and O–H groups in total. The minimum atomic E-state index is -0.250. The Morgan fingerprint density at radius 3 is 2.95 bits per heavy atom. The zero-order valence-electron chi connectivity index (χ0n) is 11.8. The summed E-state index contributed by atoms with van der Waals surface area (Å²) in [5, 5.41) is 6.07. The van der Waals surface area contributed by atoms with Crippen molar-refractivity contribution in [3.05, 3.63) is 41.6 Å². The summed E-state index contributed by atoms with van der Waals surface area (Å²) in [5.41, 5.74) is 0.248. The summed E-state index contributed by atoms with van der Waals surface area (Å²) in [6.45, 7) is 1.49. The van der Waals surface area contributed by atoms with Gasteiger partial charge in [-0.2, -0.15) is 0 Å². The first-order chi connectivity index (χ1) is 10.2. The Morgan fingerprint density at radius 2 is 2.24 bits per heavy atom. The van der Waals surface area contributed by atoms with E-state index in [9.17, 15) is 4.79 Å². The number of pyridine rings is 1. The van der Waals surface area contributed by atoms with Gasteiger partial charge in [-0.15, -0.1) is 0 Å². The van der Waals surface area contributed by atoms with Crippen molar-refractivity contribution >= 4 is 23.3 Å². The minimum Gasteiger partial charge on any atom is -0.373 e. The molecule has 0 spiro atoms. The van der Waals surface area contributed by atoms with Crippen LogP contribution in [-0.4, -0.2) is 34.0 Å². The van der Waals surface area contributed by atoms with Gasteiger partial charge in [0, 0.05) is 32.5 Å². The number of imidazole rings is 1. The van der Waals surface area contributed by atoms with E-state index in [1.807, 2.05) is 10.8 Å². The van der Waals surface area contributed by atoms with Gasteiger partial charge in [-0.3, -0.25) is 4.79 Å². The van der Waals surface area contributed by atoms with Gasteiger partial charge in [-0.25, -0.2) is 9.97 Å². The third-order valence-corrected chi connectivity index (χ3v) is 3.31. The number of rotatable bonds is 7. The van der Waals surface area contributed by atoms with Crippen molar-refractivity contribution in [3.8, 4) is 0 Å². The lowest BCUT2D eigenvalue weighted by Crippen LogP contribution is -2.26. The average Bonchev–Trinajstić information content (AvgIpc) is 3.00. The fourth-order valence-corrected chi connectivity index (χ4v) is 2.06. The molecule has 112 valence electrons. The number of halogens is 1. The number of nitrogens with one attached hydrogen (secondary N) is 2. The number of carbonyl (C=O) groups is 1. The van der Waals surface area contributed by atoms with Crippen LogP contribution in [0, 0.1) is 0 Å². The summed E-state index contributed by atoms with van der Waals surface area (Å²) in [7, 11) is 1.74. The molecule has 0 saturated carbocycles. The minimum absolute atomic E-state index is 0.248. The van der Waals surface area contributed by atoms with E-state index >= 15 is 0 Å². The van der Waals surface area contributed by atoms with E-state index in [0.29, 0.717) is 17.4 Å². The Bertz CT molecular complexity index is 585. The zero-order valence-corrected chi connectivity index (χ0v) is 12.6. The van der Waals surface area contributed by atoms with Gasteiger partial charge in [0.05, 0.1) is 11.3 Å². The molecule has 7 heteroatoms. The number of carbonyl (C=O) groups excluding carboxylic acids is 1. The quantitative estimate of drug-likeness (QED) is 0.769. The van der Waals surface area contributed by atoms with Gasteiger partial charge in [0.1, 0.15) is 11.5 Å². The molecule has 0 bridgehead atoms. The van der Waals surface area contributed by atoms with Gasteiger partial charge in [0.15, 0.2) is 0 Å². The van der Waals surface area contributed by atoms with Crippen LogP contribution < -0.4 is 10.6 Å². The van der Waals surface area contributed by atoms with Crippen LogP contribution in [0.2, 0.25) is 5.02 Å². The molecule has 2 rings (SSSR count). The monoisotopic (exact) mass is 307 g/mol. The van der Waals surface area contributed by atoms with Gasteiger partial charge >= 0.3 is 0 Å². The summed E-state index contributed by atoms with van der Waals surface area (Å²) in [6, 6.07) is 3.39. The maximum absolute atomic E-state index is 12.0. The van der Waals surface area contributed by atoms with Crippen molar-refractivity contribution in [1.82, 2.24) is 19.9 Å². The Hall–Kier alpha value is -2.08. The third kappa shape index (κ3) is 4.46. The van der Waals surface area contributed by atoms with E-state index < -0.39 is 0 Å². The predicted octanol–water partition coefficient (Wildman–Crippen LogP) is 2.18. The van der Waals surface area contributed by atoms with Crippen molar-refractivity contribution in [2.75, 3.05) is 18.9 Å². The number of nitrogens with zero attached hydrogens (tertiary/aromatic N) is 3. The average molecular weight is 308 g/mol. The molecule has 0 aromatic carbocycles. The molecule has 0 aliphatic heterocycles. The van der Waals surface area contributed by atoms with E-state index in [0.717, 1.165) is 19.4 Å². The fourth-order valence-electron chi connectivity index (χ4n) is 1.86. The Kier molecular flexibility index (Phi) is 5.57. The van der Waals surface area contributed by atoms with Crippen LogP contribution in [0.15, 0.2) is 30.9 Å². The van der Waals surface area contributed by atoms with E-state index in [1.165, 1.54) is 0 Å². The number of amides is 1. The molecule has 0 aliphatic carbocycles. The van der Waals surface area contributed by atoms with Crippen LogP contribution in [0.5, 0.6) is 0 Å². The molecular weight excluding hydrogens is 290 g/mol. The first-order valence-electron chi connectivity index (χ1n) is 6.79. The fraction of sp³-hybridized carbons (Fsp3) is 0.357. The molecular formula is C14H18ClN5O. The van der Waals surface area contributed by atoms with Crippen molar-refractivity contribution in [2.24, 2.45) is 0 Å². The first-order valence-corrected chi connectivity index (χ1v) is 7.16. The summed E-state index contributed by atoms with van der Waals surface area (Å²) in [6.07, 6.45) is 7.31. The largest absolute Gasteiger partial charge is 0.373 e. The van der Waals surface area contributed by atoms with Crippen molar-refractivity contribution in [1.29, 1.82) is 0 Å². The van der Waals surface area contributed by atoms with Crippen molar-refractivity contribution in [2.45, 2.75) is 19.4 Å². The Morgan fingerprint density at radius 1 is 1.38 bits per heavy atom. The molecule has 0 fully saturated rings. The molecule has 21 heavy (non-hydrogen) atoms. The van der Waals surface area contributed by atoms with Crippen molar-refractivity contribution < 1.29 is 4.79 Å². The van der Waals surface area contributed by atoms with Crippen LogP contribution in [0.1, 0.15) is 23.3 Å². The molecule has 0 aliphatic rings. The predicted molar refractivity (Wildman–Crippen MR) is 82.6 cm³/mol. The van der Waals surface area contributed by atoms with Gasteiger partial charge < -0.3 is 15.2 Å². The van der Waals surface area contributed by atoms with E-state index in [1.54, 1.807) is 31.7 Å².